The molecule has 0 spiro atoms. The van der Waals surface area contributed by atoms with Gasteiger partial charge in [0, 0.05) is 42.2 Å². The van der Waals surface area contributed by atoms with Gasteiger partial charge < -0.3 is 15.4 Å². The molecule has 7 nitrogen and oxygen atoms in total. The molecule has 0 saturated heterocycles. The minimum atomic E-state index is -0.549. The molecular weight excluding hydrogens is 596 g/mol. The Morgan fingerprint density at radius 1 is 0.729 bits per heavy atom. The van der Waals surface area contributed by atoms with Gasteiger partial charge in [-0.2, -0.15) is 0 Å². The van der Waals surface area contributed by atoms with E-state index in [0.717, 1.165) is 61.2 Å². The highest BCUT2D eigenvalue weighted by molar-refractivity contribution is 6.04. The Balaban J connectivity index is 0.000000339. The van der Waals surface area contributed by atoms with Gasteiger partial charge in [-0.1, -0.05) is 63.9 Å². The molecule has 0 aliphatic rings. The van der Waals surface area contributed by atoms with Gasteiger partial charge in [-0.05, 0) is 122 Å². The number of ketones is 2. The second-order valence-corrected chi connectivity index (χ2v) is 13.4. The molecule has 2 N–H and O–H groups in total. The zero-order valence-corrected chi connectivity index (χ0v) is 31.4. The van der Waals surface area contributed by atoms with Gasteiger partial charge in [0.05, 0.1) is 17.7 Å². The van der Waals surface area contributed by atoms with Crippen LogP contribution in [0.5, 0.6) is 0 Å². The number of anilines is 2. The van der Waals surface area contributed by atoms with Crippen LogP contribution in [0.3, 0.4) is 0 Å². The summed E-state index contributed by atoms with van der Waals surface area (Å²) in [5.74, 6) is 0.404. The molecular formula is C41H62N4O3. The summed E-state index contributed by atoms with van der Waals surface area (Å²) in [6.45, 7) is 12.0. The Bertz CT molecular complexity index is 1360. The first-order chi connectivity index (χ1) is 22.9. The minimum Gasteiger partial charge on any atom is -0.383 e. The lowest BCUT2D eigenvalue weighted by Crippen LogP contribution is -2.52. The van der Waals surface area contributed by atoms with Crippen LogP contribution < -0.4 is 10.6 Å². The summed E-state index contributed by atoms with van der Waals surface area (Å²) in [4.78, 5) is 30.7. The molecule has 2 atom stereocenters. The summed E-state index contributed by atoms with van der Waals surface area (Å²) in [7, 11) is 9.70. The highest BCUT2D eigenvalue weighted by Crippen LogP contribution is 2.30. The number of nitrogens with zero attached hydrogens (tertiary/aromatic N) is 2. The molecule has 3 rings (SSSR count). The van der Waals surface area contributed by atoms with E-state index in [0.29, 0.717) is 19.1 Å². The molecule has 48 heavy (non-hydrogen) atoms. The molecule has 7 heteroatoms. The number of hydrogen-bond acceptors (Lipinski definition) is 7. The number of carbonyl (C=O) groups excluding carboxylic acids is 2. The molecule has 3 aromatic carbocycles. The monoisotopic (exact) mass is 658 g/mol. The maximum absolute atomic E-state index is 13.4. The molecule has 0 aromatic heterocycles. The van der Waals surface area contributed by atoms with Crippen molar-refractivity contribution in [3.8, 4) is 0 Å². The predicted octanol–water partition coefficient (Wildman–Crippen LogP) is 8.47. The normalized spacial score (nSPS) is 13.8. The van der Waals surface area contributed by atoms with Crippen molar-refractivity contribution in [1.82, 2.24) is 9.80 Å². The summed E-state index contributed by atoms with van der Waals surface area (Å²) in [6, 6.07) is 26.3. The molecule has 0 fully saturated rings. The van der Waals surface area contributed by atoms with Crippen molar-refractivity contribution in [3.05, 3.63) is 95.6 Å². The number of Topliss-reactive ketones (excluding diaryl/α,β-unsaturated/α-hetero) is 2. The van der Waals surface area contributed by atoms with E-state index in [9.17, 15) is 9.59 Å². The van der Waals surface area contributed by atoms with Crippen LogP contribution in [0.1, 0.15) is 93.0 Å². The van der Waals surface area contributed by atoms with Crippen LogP contribution in [-0.4, -0.2) is 86.9 Å². The highest BCUT2D eigenvalue weighted by Gasteiger charge is 2.40. The fourth-order valence-electron chi connectivity index (χ4n) is 6.27. The van der Waals surface area contributed by atoms with Crippen LogP contribution in [0.2, 0.25) is 0 Å². The van der Waals surface area contributed by atoms with Crippen molar-refractivity contribution < 1.29 is 14.3 Å². The Morgan fingerprint density at radius 2 is 1.23 bits per heavy atom. The first kappa shape index (κ1) is 40.7. The molecule has 3 aromatic rings. The first-order valence-corrected chi connectivity index (χ1v) is 17.6. The Kier molecular flexibility index (Phi) is 17.0. The minimum absolute atomic E-state index is 0.164. The fourth-order valence-corrected chi connectivity index (χ4v) is 6.27. The first-order valence-electron chi connectivity index (χ1n) is 17.6. The zero-order valence-electron chi connectivity index (χ0n) is 31.4. The van der Waals surface area contributed by atoms with E-state index in [1.807, 2.05) is 94.9 Å². The SMILES string of the molecule is CCC(Cc1ccccc1)(C(=O)c1ccc(NCCOC)cc1)N(C)C.CCCCC(CC)(C(=O)c1ccc(NC(C)C)cc1)N(C)C. The standard InChI is InChI=1S/C22H30N2O2.C19H32N2O/c1-5-22(24(2)3,17-18-9-7-6-8-10-18)21(25)19-11-13-20(14-12-19)23-15-16-26-4;1-7-9-14-19(8-2,21(5)6)18(22)16-10-12-17(13-11-16)20-15(3)4/h6-14,23H,5,15-17H2,1-4H3;10-13,15,20H,7-9,14H2,1-6H3. The van der Waals surface area contributed by atoms with Gasteiger partial charge in [-0.3, -0.25) is 19.4 Å². The summed E-state index contributed by atoms with van der Waals surface area (Å²) >= 11 is 0. The second-order valence-electron chi connectivity index (χ2n) is 13.4. The third-order valence-corrected chi connectivity index (χ3v) is 9.40. The molecule has 0 aliphatic heterocycles. The van der Waals surface area contributed by atoms with Crippen molar-refractivity contribution in [2.24, 2.45) is 0 Å². The van der Waals surface area contributed by atoms with Gasteiger partial charge >= 0.3 is 0 Å². The van der Waals surface area contributed by atoms with Gasteiger partial charge in [-0.15, -0.1) is 0 Å². The number of nitrogens with one attached hydrogen (secondary N) is 2. The van der Waals surface area contributed by atoms with Gasteiger partial charge in [0.1, 0.15) is 0 Å². The number of ether oxygens (including phenoxy) is 1. The van der Waals surface area contributed by atoms with Crippen LogP contribution in [0.25, 0.3) is 0 Å². The van der Waals surface area contributed by atoms with Gasteiger partial charge in [0.15, 0.2) is 11.6 Å². The van der Waals surface area contributed by atoms with E-state index in [1.54, 1.807) is 7.11 Å². The van der Waals surface area contributed by atoms with E-state index >= 15 is 0 Å². The van der Waals surface area contributed by atoms with Gasteiger partial charge in [0.2, 0.25) is 0 Å². The van der Waals surface area contributed by atoms with Crippen LogP contribution in [0, 0.1) is 0 Å². The van der Waals surface area contributed by atoms with Crippen molar-refractivity contribution >= 4 is 22.9 Å². The Hall–Kier alpha value is -3.52. The molecule has 264 valence electrons. The Morgan fingerprint density at radius 3 is 1.67 bits per heavy atom. The molecule has 0 aliphatic carbocycles. The number of methoxy groups -OCH3 is 1. The van der Waals surface area contributed by atoms with Crippen LogP contribution in [0.4, 0.5) is 11.4 Å². The smallest absolute Gasteiger partial charge is 0.183 e. The maximum atomic E-state index is 13.4. The van der Waals surface area contributed by atoms with E-state index < -0.39 is 5.54 Å². The zero-order chi connectivity index (χ0) is 35.7. The van der Waals surface area contributed by atoms with E-state index in [1.165, 1.54) is 5.56 Å². The number of carbonyl (C=O) groups is 2. The average Bonchev–Trinajstić information content (AvgIpc) is 3.08. The van der Waals surface area contributed by atoms with E-state index in [2.05, 4.69) is 67.2 Å². The highest BCUT2D eigenvalue weighted by atomic mass is 16.5. The van der Waals surface area contributed by atoms with Crippen LogP contribution in [0.15, 0.2) is 78.9 Å². The topological polar surface area (TPSA) is 73.9 Å². The molecule has 0 radical (unpaired) electrons. The largest absolute Gasteiger partial charge is 0.383 e. The Labute approximate surface area is 291 Å². The predicted molar refractivity (Wildman–Crippen MR) is 204 cm³/mol. The van der Waals surface area contributed by atoms with Crippen molar-refractivity contribution in [3.63, 3.8) is 0 Å². The molecule has 0 bridgehead atoms. The summed E-state index contributed by atoms with van der Waals surface area (Å²) in [5.41, 5.74) is 3.85. The lowest BCUT2D eigenvalue weighted by molar-refractivity contribution is 0.0635. The third-order valence-electron chi connectivity index (χ3n) is 9.40. The van der Waals surface area contributed by atoms with Crippen molar-refractivity contribution in [2.45, 2.75) is 90.3 Å². The number of benzene rings is 3. The molecule has 2 unspecified atom stereocenters. The number of unbranched alkanes of at least 4 members (excludes halogenated alkanes) is 1. The van der Waals surface area contributed by atoms with E-state index in [-0.39, 0.29) is 17.1 Å². The van der Waals surface area contributed by atoms with Crippen molar-refractivity contribution in [1.29, 1.82) is 0 Å². The summed E-state index contributed by atoms with van der Waals surface area (Å²) < 4.78 is 5.05. The quantitative estimate of drug-likeness (QED) is 0.0989. The maximum Gasteiger partial charge on any atom is 0.183 e. The lowest BCUT2D eigenvalue weighted by atomic mass is 9.80. The molecule has 0 amide bonds. The second kappa shape index (κ2) is 20.1. The van der Waals surface area contributed by atoms with Gasteiger partial charge in [-0.25, -0.2) is 0 Å². The average molecular weight is 659 g/mol. The van der Waals surface area contributed by atoms with E-state index in [4.69, 9.17) is 4.74 Å². The number of hydrogen-bond donors (Lipinski definition) is 2. The lowest BCUT2D eigenvalue weighted by Gasteiger charge is -2.38. The van der Waals surface area contributed by atoms with Crippen LogP contribution in [-0.2, 0) is 11.2 Å². The fraction of sp³-hybridized carbons (Fsp3) is 0.512. The van der Waals surface area contributed by atoms with Crippen molar-refractivity contribution in [2.75, 3.05) is 59.1 Å². The summed E-state index contributed by atoms with van der Waals surface area (Å²) in [5, 5.41) is 6.64. The number of likely N-dealkylation sites (N-methyl/N-ethyl adjacent to an activating group) is 2. The molecule has 0 heterocycles. The van der Waals surface area contributed by atoms with Gasteiger partial charge in [0.25, 0.3) is 0 Å². The summed E-state index contributed by atoms with van der Waals surface area (Å²) in [6.07, 6.45) is 5.39. The van der Waals surface area contributed by atoms with Crippen LogP contribution >= 0.6 is 0 Å². The number of rotatable bonds is 19. The molecule has 0 saturated carbocycles. The third kappa shape index (κ3) is 11.0.